The van der Waals surface area contributed by atoms with Crippen LogP contribution in [0.5, 0.6) is 0 Å². The van der Waals surface area contributed by atoms with E-state index in [4.69, 9.17) is 11.6 Å². The van der Waals surface area contributed by atoms with Gasteiger partial charge in [-0.3, -0.25) is 14.9 Å². The molecular formula is C13H7ClF2N2O3. The fourth-order valence-electron chi connectivity index (χ4n) is 1.63. The van der Waals surface area contributed by atoms with Crippen LogP contribution in [-0.4, -0.2) is 10.8 Å². The van der Waals surface area contributed by atoms with Crippen molar-refractivity contribution in [1.29, 1.82) is 0 Å². The lowest BCUT2D eigenvalue weighted by molar-refractivity contribution is -0.384. The Kier molecular flexibility index (Phi) is 4.13. The second kappa shape index (κ2) is 5.84. The smallest absolute Gasteiger partial charge is 0.270 e. The number of halogens is 3. The molecule has 0 aliphatic carbocycles. The Morgan fingerprint density at radius 1 is 1.19 bits per heavy atom. The highest BCUT2D eigenvalue weighted by Crippen LogP contribution is 2.21. The molecule has 8 heteroatoms. The fourth-order valence-corrected chi connectivity index (χ4v) is 1.85. The van der Waals surface area contributed by atoms with Gasteiger partial charge < -0.3 is 5.32 Å². The first kappa shape index (κ1) is 14.9. The van der Waals surface area contributed by atoms with Gasteiger partial charge >= 0.3 is 0 Å². The Labute approximate surface area is 122 Å². The molecule has 2 rings (SSSR count). The Bertz CT molecular complexity index is 717. The molecule has 5 nitrogen and oxygen atoms in total. The minimum absolute atomic E-state index is 0.0101. The lowest BCUT2D eigenvalue weighted by Gasteiger charge is -2.07. The van der Waals surface area contributed by atoms with Crippen LogP contribution >= 0.6 is 11.6 Å². The number of rotatable bonds is 3. The number of amides is 1. The van der Waals surface area contributed by atoms with Crippen LogP contribution in [0.2, 0.25) is 5.02 Å². The van der Waals surface area contributed by atoms with Crippen LogP contribution < -0.4 is 5.32 Å². The van der Waals surface area contributed by atoms with Gasteiger partial charge in [0.2, 0.25) is 0 Å². The largest absolute Gasteiger partial charge is 0.322 e. The molecule has 0 atom stereocenters. The number of non-ortho nitro benzene ring substituents is 1. The number of nitrogens with one attached hydrogen (secondary N) is 1. The van der Waals surface area contributed by atoms with Crippen molar-refractivity contribution in [3.63, 3.8) is 0 Å². The van der Waals surface area contributed by atoms with Crippen LogP contribution in [0.25, 0.3) is 0 Å². The SMILES string of the molecule is O=C(Nc1cc(F)cc(Cl)c1)c1cc([N+](=O)[O-])ccc1F. The minimum atomic E-state index is -0.946. The summed E-state index contributed by atoms with van der Waals surface area (Å²) in [6, 6.07) is 5.82. The Balaban J connectivity index is 2.31. The van der Waals surface area contributed by atoms with Crippen molar-refractivity contribution in [2.45, 2.75) is 0 Å². The standard InChI is InChI=1S/C13H7ClF2N2O3/c14-7-3-8(15)5-9(4-7)17-13(19)11-6-10(18(20)21)1-2-12(11)16/h1-6H,(H,17,19). The van der Waals surface area contributed by atoms with Crippen molar-refractivity contribution in [2.75, 3.05) is 5.32 Å². The number of nitro benzene ring substituents is 1. The van der Waals surface area contributed by atoms with E-state index in [-0.39, 0.29) is 10.7 Å². The van der Waals surface area contributed by atoms with Crippen molar-refractivity contribution >= 4 is 28.9 Å². The first-order valence-electron chi connectivity index (χ1n) is 5.58. The molecular weight excluding hydrogens is 306 g/mol. The zero-order valence-corrected chi connectivity index (χ0v) is 11.0. The molecule has 0 bridgehead atoms. The quantitative estimate of drug-likeness (QED) is 0.692. The van der Waals surface area contributed by atoms with Gasteiger partial charge in [0.25, 0.3) is 11.6 Å². The van der Waals surface area contributed by atoms with Crippen LogP contribution in [0.15, 0.2) is 36.4 Å². The number of hydrogen-bond acceptors (Lipinski definition) is 3. The van der Waals surface area contributed by atoms with Crippen molar-refractivity contribution in [1.82, 2.24) is 0 Å². The van der Waals surface area contributed by atoms with Crippen molar-refractivity contribution in [3.05, 3.63) is 68.7 Å². The van der Waals surface area contributed by atoms with Gasteiger partial charge in [0, 0.05) is 22.8 Å². The zero-order valence-electron chi connectivity index (χ0n) is 10.3. The maximum absolute atomic E-state index is 13.6. The number of carbonyl (C=O) groups is 1. The third-order valence-electron chi connectivity index (χ3n) is 2.53. The maximum atomic E-state index is 13.6. The van der Waals surface area contributed by atoms with Gasteiger partial charge in [-0.25, -0.2) is 8.78 Å². The molecule has 0 aliphatic rings. The summed E-state index contributed by atoms with van der Waals surface area (Å²) in [7, 11) is 0. The molecule has 0 fully saturated rings. The van der Waals surface area contributed by atoms with Crippen LogP contribution in [0, 0.1) is 21.7 Å². The molecule has 21 heavy (non-hydrogen) atoms. The molecule has 1 N–H and O–H groups in total. The highest BCUT2D eigenvalue weighted by Gasteiger charge is 2.17. The fraction of sp³-hybridized carbons (Fsp3) is 0. The van der Waals surface area contributed by atoms with Crippen LogP contribution in [0.3, 0.4) is 0 Å². The average molecular weight is 313 g/mol. The van der Waals surface area contributed by atoms with Crippen molar-refractivity contribution in [3.8, 4) is 0 Å². The summed E-state index contributed by atoms with van der Waals surface area (Å²) in [5.41, 5.74) is -0.945. The highest BCUT2D eigenvalue weighted by molar-refractivity contribution is 6.31. The number of nitro groups is 1. The molecule has 2 aromatic carbocycles. The molecule has 0 unspecified atom stereocenters. The summed E-state index contributed by atoms with van der Waals surface area (Å²) in [5, 5.41) is 12.9. The average Bonchev–Trinajstić information content (AvgIpc) is 2.37. The van der Waals surface area contributed by atoms with Gasteiger partial charge in [-0.05, 0) is 24.3 Å². The second-order valence-corrected chi connectivity index (χ2v) is 4.47. The van der Waals surface area contributed by atoms with Gasteiger partial charge in [-0.1, -0.05) is 11.6 Å². The van der Waals surface area contributed by atoms with Crippen LogP contribution in [0.4, 0.5) is 20.2 Å². The number of benzene rings is 2. The summed E-state index contributed by atoms with van der Waals surface area (Å²) in [6.07, 6.45) is 0. The van der Waals surface area contributed by atoms with Gasteiger partial charge in [0.1, 0.15) is 11.6 Å². The van der Waals surface area contributed by atoms with Crippen molar-refractivity contribution < 1.29 is 18.5 Å². The van der Waals surface area contributed by atoms with E-state index < -0.39 is 33.7 Å². The monoisotopic (exact) mass is 312 g/mol. The molecule has 0 radical (unpaired) electrons. The van der Waals surface area contributed by atoms with Gasteiger partial charge in [0.15, 0.2) is 0 Å². The molecule has 0 aliphatic heterocycles. The van der Waals surface area contributed by atoms with E-state index in [1.807, 2.05) is 0 Å². The third-order valence-corrected chi connectivity index (χ3v) is 2.74. The number of hydrogen-bond donors (Lipinski definition) is 1. The lowest BCUT2D eigenvalue weighted by atomic mass is 10.1. The van der Waals surface area contributed by atoms with E-state index in [0.29, 0.717) is 0 Å². The number of anilines is 1. The number of nitrogens with zero attached hydrogens (tertiary/aromatic N) is 1. The minimum Gasteiger partial charge on any atom is -0.322 e. The van der Waals surface area contributed by atoms with E-state index in [1.54, 1.807) is 0 Å². The first-order chi connectivity index (χ1) is 9.86. The van der Waals surface area contributed by atoms with E-state index >= 15 is 0 Å². The topological polar surface area (TPSA) is 72.2 Å². The summed E-state index contributed by atoms with van der Waals surface area (Å²) >= 11 is 5.62. The summed E-state index contributed by atoms with van der Waals surface area (Å²) in [4.78, 5) is 21.8. The van der Waals surface area contributed by atoms with Gasteiger partial charge in [-0.15, -0.1) is 0 Å². The lowest BCUT2D eigenvalue weighted by Crippen LogP contribution is -2.14. The van der Waals surface area contributed by atoms with Crippen molar-refractivity contribution in [2.24, 2.45) is 0 Å². The first-order valence-corrected chi connectivity index (χ1v) is 5.96. The Morgan fingerprint density at radius 2 is 1.90 bits per heavy atom. The summed E-state index contributed by atoms with van der Waals surface area (Å²) in [6.45, 7) is 0. The van der Waals surface area contributed by atoms with Gasteiger partial charge in [-0.2, -0.15) is 0 Å². The predicted molar refractivity (Wildman–Crippen MR) is 72.4 cm³/mol. The molecule has 2 aromatic rings. The molecule has 0 spiro atoms. The van der Waals surface area contributed by atoms with Crippen LogP contribution in [-0.2, 0) is 0 Å². The Hall–Kier alpha value is -2.54. The van der Waals surface area contributed by atoms with E-state index in [0.717, 1.165) is 30.3 Å². The second-order valence-electron chi connectivity index (χ2n) is 4.03. The highest BCUT2D eigenvalue weighted by atomic mass is 35.5. The van der Waals surface area contributed by atoms with E-state index in [2.05, 4.69) is 5.32 Å². The molecule has 1 amide bonds. The Morgan fingerprint density at radius 3 is 2.52 bits per heavy atom. The third kappa shape index (κ3) is 3.51. The summed E-state index contributed by atoms with van der Waals surface area (Å²) in [5.74, 6) is -2.56. The van der Waals surface area contributed by atoms with Gasteiger partial charge in [0.05, 0.1) is 10.5 Å². The maximum Gasteiger partial charge on any atom is 0.270 e. The number of carbonyl (C=O) groups excluding carboxylic acids is 1. The molecule has 0 heterocycles. The van der Waals surface area contributed by atoms with Crippen LogP contribution in [0.1, 0.15) is 10.4 Å². The molecule has 0 aromatic heterocycles. The summed E-state index contributed by atoms with van der Waals surface area (Å²) < 4.78 is 26.7. The molecule has 0 saturated heterocycles. The van der Waals surface area contributed by atoms with E-state index in [1.165, 1.54) is 6.07 Å². The normalized spacial score (nSPS) is 10.2. The molecule has 108 valence electrons. The predicted octanol–water partition coefficient (Wildman–Crippen LogP) is 3.78. The van der Waals surface area contributed by atoms with E-state index in [9.17, 15) is 23.7 Å². The molecule has 0 saturated carbocycles. The zero-order chi connectivity index (χ0) is 15.6.